The SMILES string of the molecule is CC(=O)SCc1cc(C)cc(-c2cc(C(=O)NCC(O)OC(CO)C(O)CO)cc(CSC(C)=O)n2)n1.CC(O)C(CO)OC(O)CNC=O. The van der Waals surface area contributed by atoms with Crippen molar-refractivity contribution < 1.29 is 64.4 Å². The van der Waals surface area contributed by atoms with Crippen LogP contribution in [0.25, 0.3) is 11.4 Å². The smallest absolute Gasteiger partial charge is 0.251 e. The standard InChI is InChI=1S/C24H31N3O8S2.C7H15NO5/c1-13-4-17(11-36-14(2)30)26-19(5-13)20-7-16(6-18(27-20)12-37-15(3)31)24(34)25-8-23(33)35-22(10-29)21(32)9-28;1-5(11)6(3-9)13-7(12)2-8-4-10/h4-7,21-23,28-29,32-33H,8-12H2,1-3H3,(H,25,34);4-7,9,11-12H,2-3H2,1H3,(H,8,10). The van der Waals surface area contributed by atoms with Crippen molar-refractivity contribution in [3.63, 3.8) is 0 Å². The van der Waals surface area contributed by atoms with Crippen LogP contribution in [0.15, 0.2) is 24.3 Å². The lowest BCUT2D eigenvalue weighted by Gasteiger charge is -2.23. The number of nitrogens with zero attached hydrogens (tertiary/aromatic N) is 2. The van der Waals surface area contributed by atoms with E-state index in [1.807, 2.05) is 13.0 Å². The molecule has 19 heteroatoms. The van der Waals surface area contributed by atoms with Gasteiger partial charge in [-0.15, -0.1) is 0 Å². The lowest BCUT2D eigenvalue weighted by Crippen LogP contribution is -2.42. The molecule has 0 saturated heterocycles. The molecule has 50 heavy (non-hydrogen) atoms. The van der Waals surface area contributed by atoms with Crippen LogP contribution >= 0.6 is 23.5 Å². The highest BCUT2D eigenvalue weighted by Gasteiger charge is 2.23. The molecule has 0 radical (unpaired) electrons. The van der Waals surface area contributed by atoms with E-state index in [1.165, 1.54) is 32.9 Å². The molecule has 6 unspecified atom stereocenters. The van der Waals surface area contributed by atoms with Crippen molar-refractivity contribution in [3.8, 4) is 11.4 Å². The molecule has 0 saturated carbocycles. The third kappa shape index (κ3) is 17.7. The predicted molar refractivity (Wildman–Crippen MR) is 183 cm³/mol. The fourth-order valence-corrected chi connectivity index (χ4v) is 4.83. The number of nitrogens with one attached hydrogen (secondary N) is 2. The normalized spacial score (nSPS) is 14.6. The molecule has 9 N–H and O–H groups in total. The average molecular weight is 747 g/mol. The Balaban J connectivity index is 0.000000812. The first-order chi connectivity index (χ1) is 23.6. The lowest BCUT2D eigenvalue weighted by molar-refractivity contribution is -0.177. The fourth-order valence-electron chi connectivity index (χ4n) is 3.83. The van der Waals surface area contributed by atoms with Gasteiger partial charge in [-0.1, -0.05) is 23.5 Å². The molecule has 2 amide bonds. The number of amides is 2. The molecule has 0 aliphatic rings. The van der Waals surface area contributed by atoms with Crippen molar-refractivity contribution >= 4 is 46.1 Å². The number of pyridine rings is 2. The minimum atomic E-state index is -1.56. The van der Waals surface area contributed by atoms with Gasteiger partial charge in [0.1, 0.15) is 18.3 Å². The van der Waals surface area contributed by atoms with Gasteiger partial charge in [-0.25, -0.2) is 0 Å². The van der Waals surface area contributed by atoms with Gasteiger partial charge in [0, 0.05) is 30.9 Å². The molecule has 2 heterocycles. The Kier molecular flexibility index (Phi) is 21.7. The summed E-state index contributed by atoms with van der Waals surface area (Å²) in [5.41, 5.74) is 3.13. The number of thioether (sulfide) groups is 2. The van der Waals surface area contributed by atoms with Crippen LogP contribution in [0.1, 0.15) is 48.1 Å². The molecule has 0 fully saturated rings. The maximum Gasteiger partial charge on any atom is 0.251 e. The minimum Gasteiger partial charge on any atom is -0.394 e. The van der Waals surface area contributed by atoms with Gasteiger partial charge in [-0.3, -0.25) is 29.1 Å². The molecule has 0 aliphatic heterocycles. The Morgan fingerprint density at radius 2 is 1.32 bits per heavy atom. The van der Waals surface area contributed by atoms with Gasteiger partial charge in [0.15, 0.2) is 22.8 Å². The van der Waals surface area contributed by atoms with Crippen LogP contribution in [0.3, 0.4) is 0 Å². The summed E-state index contributed by atoms with van der Waals surface area (Å²) in [6.07, 6.45) is -6.72. The highest BCUT2D eigenvalue weighted by atomic mass is 32.2. The first-order valence-corrected chi connectivity index (χ1v) is 17.2. The van der Waals surface area contributed by atoms with Gasteiger partial charge in [0.25, 0.3) is 5.91 Å². The van der Waals surface area contributed by atoms with Crippen LogP contribution in [0.2, 0.25) is 0 Å². The van der Waals surface area contributed by atoms with Crippen molar-refractivity contribution in [2.75, 3.05) is 32.9 Å². The van der Waals surface area contributed by atoms with Gasteiger partial charge >= 0.3 is 0 Å². The zero-order chi connectivity index (χ0) is 37.8. The number of ether oxygens (including phenoxy) is 2. The lowest BCUT2D eigenvalue weighted by atomic mass is 10.1. The van der Waals surface area contributed by atoms with Gasteiger partial charge in [0.2, 0.25) is 6.41 Å². The summed E-state index contributed by atoms with van der Waals surface area (Å²) in [6, 6.07) is 6.71. The van der Waals surface area contributed by atoms with E-state index in [4.69, 9.17) is 29.9 Å². The quantitative estimate of drug-likeness (QED) is 0.0556. The number of hydrogen-bond acceptors (Lipinski definition) is 17. The summed E-state index contributed by atoms with van der Waals surface area (Å²) < 4.78 is 9.88. The molecule has 2 rings (SSSR count). The molecule has 2 aromatic rings. The number of carbonyl (C=O) groups is 4. The number of hydrogen-bond donors (Lipinski definition) is 9. The Hall–Kier alpha value is -3.08. The molecule has 17 nitrogen and oxygen atoms in total. The molecule has 280 valence electrons. The van der Waals surface area contributed by atoms with Gasteiger partial charge in [0.05, 0.1) is 61.8 Å². The molecular formula is C31H46N4O13S2. The summed E-state index contributed by atoms with van der Waals surface area (Å²) in [7, 11) is 0. The molecule has 0 aliphatic carbocycles. The molecule has 6 atom stereocenters. The Morgan fingerprint density at radius 3 is 1.82 bits per heavy atom. The van der Waals surface area contributed by atoms with Gasteiger partial charge < -0.3 is 55.9 Å². The van der Waals surface area contributed by atoms with Crippen molar-refractivity contribution in [1.82, 2.24) is 20.6 Å². The molecule has 0 aromatic carbocycles. The number of aromatic nitrogens is 2. The van der Waals surface area contributed by atoms with Crippen molar-refractivity contribution in [2.24, 2.45) is 0 Å². The summed E-state index contributed by atoms with van der Waals surface area (Å²) in [4.78, 5) is 54.7. The second-order valence-electron chi connectivity index (χ2n) is 10.7. The topological polar surface area (TPSA) is 278 Å². The van der Waals surface area contributed by atoms with Crippen LogP contribution in [-0.4, -0.2) is 138 Å². The first-order valence-electron chi connectivity index (χ1n) is 15.2. The fraction of sp³-hybridized carbons (Fsp3) is 0.548. The van der Waals surface area contributed by atoms with E-state index in [0.29, 0.717) is 34.9 Å². The highest BCUT2D eigenvalue weighted by molar-refractivity contribution is 8.13. The van der Waals surface area contributed by atoms with Crippen molar-refractivity contribution in [1.29, 1.82) is 0 Å². The van der Waals surface area contributed by atoms with E-state index in [9.17, 15) is 34.5 Å². The second kappa shape index (κ2) is 24.2. The highest BCUT2D eigenvalue weighted by Crippen LogP contribution is 2.23. The Labute approximate surface area is 297 Å². The molecular weight excluding hydrogens is 700 g/mol. The maximum atomic E-state index is 12.9. The summed E-state index contributed by atoms with van der Waals surface area (Å²) in [6.45, 7) is 4.07. The number of aliphatic hydroxyl groups excluding tert-OH is 7. The third-order valence-corrected chi connectivity index (χ3v) is 7.96. The van der Waals surface area contributed by atoms with Crippen LogP contribution in [0.4, 0.5) is 0 Å². The van der Waals surface area contributed by atoms with Gasteiger partial charge in [-0.2, -0.15) is 0 Å². The number of rotatable bonds is 20. The Morgan fingerprint density at radius 1 is 0.800 bits per heavy atom. The van der Waals surface area contributed by atoms with E-state index >= 15 is 0 Å². The van der Waals surface area contributed by atoms with E-state index in [2.05, 4.69) is 20.6 Å². The Bertz CT molecular complexity index is 1370. The predicted octanol–water partition coefficient (Wildman–Crippen LogP) is -1.40. The summed E-state index contributed by atoms with van der Waals surface area (Å²) >= 11 is 2.17. The van der Waals surface area contributed by atoms with E-state index in [1.54, 1.807) is 6.07 Å². The maximum absolute atomic E-state index is 12.9. The summed E-state index contributed by atoms with van der Waals surface area (Å²) in [5.74, 6) is 0.0453. The van der Waals surface area contributed by atoms with E-state index < -0.39 is 62.7 Å². The van der Waals surface area contributed by atoms with Gasteiger partial charge in [-0.05, 0) is 43.7 Å². The minimum absolute atomic E-state index is 0.0347. The van der Waals surface area contributed by atoms with Crippen LogP contribution < -0.4 is 10.6 Å². The molecule has 2 aromatic heterocycles. The zero-order valence-corrected chi connectivity index (χ0v) is 29.7. The van der Waals surface area contributed by atoms with Crippen molar-refractivity contribution in [2.45, 2.75) is 76.2 Å². The first kappa shape index (κ1) is 44.9. The summed E-state index contributed by atoms with van der Waals surface area (Å²) in [5, 5.41) is 69.2. The van der Waals surface area contributed by atoms with Crippen LogP contribution in [0.5, 0.6) is 0 Å². The van der Waals surface area contributed by atoms with E-state index in [-0.39, 0.29) is 34.6 Å². The number of aryl methyl sites for hydroxylation is 1. The van der Waals surface area contributed by atoms with Crippen LogP contribution in [-0.2, 0) is 35.4 Å². The second-order valence-corrected chi connectivity index (χ2v) is 13.0. The molecule has 0 bridgehead atoms. The number of aliphatic hydroxyl groups is 7. The largest absolute Gasteiger partial charge is 0.394 e. The molecule has 0 spiro atoms. The monoisotopic (exact) mass is 746 g/mol. The third-order valence-electron chi connectivity index (χ3n) is 6.26. The number of carbonyl (C=O) groups excluding carboxylic acids is 4. The van der Waals surface area contributed by atoms with Crippen LogP contribution in [0, 0.1) is 6.92 Å². The van der Waals surface area contributed by atoms with E-state index in [0.717, 1.165) is 29.1 Å². The zero-order valence-electron chi connectivity index (χ0n) is 28.1. The average Bonchev–Trinajstić information content (AvgIpc) is 3.08. The van der Waals surface area contributed by atoms with Crippen molar-refractivity contribution in [3.05, 3.63) is 46.8 Å².